The smallest absolute Gasteiger partial charge is 0.274 e. The molecule has 3 N–H and O–H groups in total. The van der Waals surface area contributed by atoms with Crippen molar-refractivity contribution in [1.82, 2.24) is 15.4 Å². The minimum absolute atomic E-state index is 0.367. The second kappa shape index (κ2) is 5.55. The van der Waals surface area contributed by atoms with E-state index in [1.807, 2.05) is 24.3 Å². The van der Waals surface area contributed by atoms with Crippen LogP contribution in [0.2, 0.25) is 5.02 Å². The predicted octanol–water partition coefficient (Wildman–Crippen LogP) is 2.93. The molecule has 3 aromatic rings. The third-order valence-electron chi connectivity index (χ3n) is 3.18. The molecule has 0 radical (unpaired) electrons. The first-order valence-corrected chi connectivity index (χ1v) is 6.71. The largest absolute Gasteiger partial charge is 0.342 e. The lowest BCUT2D eigenvalue weighted by atomic mass is 10.1. The lowest BCUT2D eigenvalue weighted by molar-refractivity contribution is 0.0706. The van der Waals surface area contributed by atoms with E-state index in [1.165, 1.54) is 0 Å². The van der Waals surface area contributed by atoms with Crippen LogP contribution in [0.4, 0.5) is 0 Å². The van der Waals surface area contributed by atoms with Crippen LogP contribution in [0.1, 0.15) is 21.7 Å². The van der Waals surface area contributed by atoms with Crippen LogP contribution in [0.15, 0.2) is 42.5 Å². The average Bonchev–Trinajstić information content (AvgIpc) is 2.90. The molecule has 3 rings (SSSR count). The van der Waals surface area contributed by atoms with Gasteiger partial charge in [0, 0.05) is 17.0 Å². The van der Waals surface area contributed by atoms with Gasteiger partial charge in [0.1, 0.15) is 5.82 Å². The molecular formula is C15H12ClN3O2. The van der Waals surface area contributed by atoms with Gasteiger partial charge in [0.25, 0.3) is 5.91 Å². The summed E-state index contributed by atoms with van der Waals surface area (Å²) in [5.74, 6) is 0.250. The zero-order chi connectivity index (χ0) is 14.8. The molecule has 0 unspecified atom stereocenters. The van der Waals surface area contributed by atoms with E-state index in [-0.39, 0.29) is 0 Å². The maximum absolute atomic E-state index is 11.4. The van der Waals surface area contributed by atoms with Crippen molar-refractivity contribution >= 4 is 28.5 Å². The molecule has 0 saturated heterocycles. The van der Waals surface area contributed by atoms with Crippen LogP contribution in [0.3, 0.4) is 0 Å². The van der Waals surface area contributed by atoms with Crippen molar-refractivity contribution in [3.05, 3.63) is 64.4 Å². The molecule has 0 aliphatic carbocycles. The quantitative estimate of drug-likeness (QED) is 0.514. The van der Waals surface area contributed by atoms with Crippen molar-refractivity contribution in [3.8, 4) is 0 Å². The van der Waals surface area contributed by atoms with Crippen molar-refractivity contribution in [2.45, 2.75) is 6.42 Å². The Labute approximate surface area is 125 Å². The summed E-state index contributed by atoms with van der Waals surface area (Å²) in [7, 11) is 0. The number of carbonyl (C=O) groups excluding carboxylic acids is 1. The van der Waals surface area contributed by atoms with E-state index < -0.39 is 5.91 Å². The Bertz CT molecular complexity index is 796. The number of imidazole rings is 1. The third-order valence-corrected chi connectivity index (χ3v) is 3.43. The molecule has 2 aromatic carbocycles. The molecule has 0 saturated carbocycles. The Morgan fingerprint density at radius 3 is 2.71 bits per heavy atom. The number of hydrogen-bond donors (Lipinski definition) is 3. The van der Waals surface area contributed by atoms with E-state index in [9.17, 15) is 4.79 Å². The highest BCUT2D eigenvalue weighted by Crippen LogP contribution is 2.17. The molecule has 5 nitrogen and oxygen atoms in total. The van der Waals surface area contributed by atoms with E-state index in [0.717, 1.165) is 22.4 Å². The number of carbonyl (C=O) groups is 1. The first kappa shape index (κ1) is 13.6. The molecule has 1 heterocycles. The summed E-state index contributed by atoms with van der Waals surface area (Å²) in [6.07, 6.45) is 0.646. The van der Waals surface area contributed by atoms with Gasteiger partial charge in [0.15, 0.2) is 0 Å². The van der Waals surface area contributed by atoms with Crippen LogP contribution in [0.5, 0.6) is 0 Å². The SMILES string of the molecule is O=C(NO)c1ccc2nc(Cc3ccc(Cl)cc3)[nH]c2c1. The summed E-state index contributed by atoms with van der Waals surface area (Å²) in [4.78, 5) is 19.0. The van der Waals surface area contributed by atoms with Crippen LogP contribution in [0, 0.1) is 0 Å². The number of aromatic nitrogens is 2. The van der Waals surface area contributed by atoms with Crippen molar-refractivity contribution in [2.75, 3.05) is 0 Å². The maximum atomic E-state index is 11.4. The van der Waals surface area contributed by atoms with Gasteiger partial charge in [0.2, 0.25) is 0 Å². The van der Waals surface area contributed by atoms with Crippen LogP contribution in [0.25, 0.3) is 11.0 Å². The molecule has 0 fully saturated rings. The average molecular weight is 302 g/mol. The molecule has 0 aliphatic heterocycles. The standard InChI is InChI=1S/C15H12ClN3O2/c16-11-4-1-9(2-5-11)7-14-17-12-6-3-10(15(20)19-21)8-13(12)18-14/h1-6,8,21H,7H2,(H,17,18)(H,19,20). The maximum Gasteiger partial charge on any atom is 0.274 e. The Morgan fingerprint density at radius 1 is 1.24 bits per heavy atom. The molecule has 0 bridgehead atoms. The van der Waals surface area contributed by atoms with Gasteiger partial charge in [-0.25, -0.2) is 10.5 Å². The van der Waals surface area contributed by atoms with Crippen molar-refractivity contribution in [3.63, 3.8) is 0 Å². The Kier molecular flexibility index (Phi) is 3.60. The number of hydrogen-bond acceptors (Lipinski definition) is 3. The highest BCUT2D eigenvalue weighted by Gasteiger charge is 2.08. The van der Waals surface area contributed by atoms with Gasteiger partial charge in [-0.05, 0) is 35.9 Å². The molecule has 6 heteroatoms. The molecule has 0 spiro atoms. The number of halogens is 1. The Morgan fingerprint density at radius 2 is 2.00 bits per heavy atom. The lowest BCUT2D eigenvalue weighted by Gasteiger charge is -1.98. The summed E-state index contributed by atoms with van der Waals surface area (Å²) in [6.45, 7) is 0. The fourth-order valence-corrected chi connectivity index (χ4v) is 2.27. The predicted molar refractivity (Wildman–Crippen MR) is 79.6 cm³/mol. The molecule has 1 amide bonds. The molecular weight excluding hydrogens is 290 g/mol. The van der Waals surface area contributed by atoms with Gasteiger partial charge in [-0.15, -0.1) is 0 Å². The van der Waals surface area contributed by atoms with E-state index >= 15 is 0 Å². The zero-order valence-corrected chi connectivity index (χ0v) is 11.7. The van der Waals surface area contributed by atoms with Gasteiger partial charge in [0.05, 0.1) is 11.0 Å². The summed E-state index contributed by atoms with van der Waals surface area (Å²) in [6, 6.07) is 12.6. The van der Waals surface area contributed by atoms with E-state index in [0.29, 0.717) is 17.0 Å². The van der Waals surface area contributed by atoms with Crippen LogP contribution < -0.4 is 5.48 Å². The summed E-state index contributed by atoms with van der Waals surface area (Å²) < 4.78 is 0. The summed E-state index contributed by atoms with van der Waals surface area (Å²) in [5.41, 5.74) is 4.59. The highest BCUT2D eigenvalue weighted by molar-refractivity contribution is 6.30. The van der Waals surface area contributed by atoms with Crippen LogP contribution in [-0.2, 0) is 6.42 Å². The summed E-state index contributed by atoms with van der Waals surface area (Å²) >= 11 is 5.86. The second-order valence-corrected chi connectivity index (χ2v) is 5.10. The number of nitrogens with zero attached hydrogens (tertiary/aromatic N) is 1. The lowest BCUT2D eigenvalue weighted by Crippen LogP contribution is -2.18. The van der Waals surface area contributed by atoms with Gasteiger partial charge in [-0.1, -0.05) is 23.7 Å². The normalized spacial score (nSPS) is 10.8. The number of amides is 1. The van der Waals surface area contributed by atoms with Crippen LogP contribution >= 0.6 is 11.6 Å². The number of aromatic amines is 1. The second-order valence-electron chi connectivity index (χ2n) is 4.66. The first-order chi connectivity index (χ1) is 10.2. The van der Waals surface area contributed by atoms with Gasteiger partial charge in [-0.3, -0.25) is 10.0 Å². The number of fused-ring (bicyclic) bond motifs is 1. The minimum Gasteiger partial charge on any atom is -0.342 e. The number of hydroxylamine groups is 1. The van der Waals surface area contributed by atoms with Crippen molar-refractivity contribution < 1.29 is 10.0 Å². The van der Waals surface area contributed by atoms with Crippen molar-refractivity contribution in [1.29, 1.82) is 0 Å². The van der Waals surface area contributed by atoms with Gasteiger partial charge in [-0.2, -0.15) is 0 Å². The molecule has 1 aromatic heterocycles. The first-order valence-electron chi connectivity index (χ1n) is 6.33. The minimum atomic E-state index is -0.550. The van der Waals surface area contributed by atoms with Gasteiger partial charge < -0.3 is 4.98 Å². The summed E-state index contributed by atoms with van der Waals surface area (Å²) in [5, 5.41) is 9.34. The molecule has 0 atom stereocenters. The molecule has 21 heavy (non-hydrogen) atoms. The van der Waals surface area contributed by atoms with Gasteiger partial charge >= 0.3 is 0 Å². The third kappa shape index (κ3) is 2.89. The highest BCUT2D eigenvalue weighted by atomic mass is 35.5. The number of rotatable bonds is 3. The zero-order valence-electron chi connectivity index (χ0n) is 10.9. The number of H-pyrrole nitrogens is 1. The van der Waals surface area contributed by atoms with Crippen LogP contribution in [-0.4, -0.2) is 21.1 Å². The molecule has 106 valence electrons. The monoisotopic (exact) mass is 301 g/mol. The Hall–Kier alpha value is -2.37. The van der Waals surface area contributed by atoms with Crippen molar-refractivity contribution in [2.24, 2.45) is 0 Å². The molecule has 0 aliphatic rings. The fraction of sp³-hybridized carbons (Fsp3) is 0.0667. The Balaban J connectivity index is 1.90. The van der Waals surface area contributed by atoms with E-state index in [2.05, 4.69) is 9.97 Å². The topological polar surface area (TPSA) is 78.0 Å². The van der Waals surface area contributed by atoms with E-state index in [4.69, 9.17) is 16.8 Å². The fourth-order valence-electron chi connectivity index (χ4n) is 2.15. The number of benzene rings is 2. The van der Waals surface area contributed by atoms with E-state index in [1.54, 1.807) is 23.7 Å². The number of nitrogens with one attached hydrogen (secondary N) is 2.